The van der Waals surface area contributed by atoms with E-state index in [0.717, 1.165) is 46.2 Å². The van der Waals surface area contributed by atoms with Crippen molar-refractivity contribution >= 4 is 7.82 Å². The molecule has 4 nitrogen and oxygen atoms in total. The van der Waals surface area contributed by atoms with E-state index < -0.39 is 7.82 Å². The van der Waals surface area contributed by atoms with E-state index in [1.807, 2.05) is 26.0 Å². The number of rotatable bonds is 5. The number of benzene rings is 2. The molecule has 2 aromatic carbocycles. The van der Waals surface area contributed by atoms with Gasteiger partial charge in [-0.2, -0.15) is 0 Å². The smallest absolute Gasteiger partial charge is 0.395 e. The number of hydrogen-bond acceptors (Lipinski definition) is 3. The summed E-state index contributed by atoms with van der Waals surface area (Å²) >= 11 is 0. The van der Waals surface area contributed by atoms with Gasteiger partial charge in [-0.15, -0.1) is 0 Å². The molecular weight excluding hydrogens is 395 g/mol. The van der Waals surface area contributed by atoms with Crippen LogP contribution in [-0.2, 0) is 4.57 Å². The average Bonchev–Trinajstić information content (AvgIpc) is 2.60. The molecule has 1 N–H and O–H groups in total. The Bertz CT molecular complexity index is 928. The van der Waals surface area contributed by atoms with Crippen LogP contribution < -0.4 is 9.05 Å². The van der Waals surface area contributed by atoms with E-state index in [2.05, 4.69) is 46.8 Å². The number of hydrogen-bond donors (Lipinski definition) is 1. The van der Waals surface area contributed by atoms with E-state index in [1.165, 1.54) is 12.8 Å². The van der Waals surface area contributed by atoms with Gasteiger partial charge in [-0.25, -0.2) is 4.57 Å². The van der Waals surface area contributed by atoms with Crippen molar-refractivity contribution in [2.24, 2.45) is 5.41 Å². The number of fused-ring (bicyclic) bond motifs is 2. The molecule has 3 rings (SSSR count). The highest BCUT2D eigenvalue weighted by Gasteiger charge is 2.41. The van der Waals surface area contributed by atoms with Crippen LogP contribution in [-0.4, -0.2) is 4.89 Å². The maximum absolute atomic E-state index is 12.9. The number of phosphoric acid groups is 1. The molecule has 2 aromatic rings. The lowest BCUT2D eigenvalue weighted by Crippen LogP contribution is -2.26. The molecule has 1 heterocycles. The molecule has 0 fully saturated rings. The molecule has 164 valence electrons. The van der Waals surface area contributed by atoms with Crippen LogP contribution in [0.2, 0.25) is 0 Å². The second-order valence-corrected chi connectivity index (χ2v) is 10.8. The lowest BCUT2D eigenvalue weighted by molar-refractivity contribution is 0.250. The zero-order valence-electron chi connectivity index (χ0n) is 19.3. The fourth-order valence-electron chi connectivity index (χ4n) is 4.89. The Morgan fingerprint density at radius 1 is 0.900 bits per heavy atom. The monoisotopic (exact) mass is 430 g/mol. The lowest BCUT2D eigenvalue weighted by Gasteiger charge is -2.39. The first-order valence-electron chi connectivity index (χ1n) is 10.9. The van der Waals surface area contributed by atoms with Gasteiger partial charge in [0.1, 0.15) is 11.5 Å². The van der Waals surface area contributed by atoms with Crippen molar-refractivity contribution in [2.45, 2.75) is 80.1 Å². The summed E-state index contributed by atoms with van der Waals surface area (Å²) in [5.41, 5.74) is 5.78. The third kappa shape index (κ3) is 4.60. The van der Waals surface area contributed by atoms with Gasteiger partial charge < -0.3 is 9.05 Å². The topological polar surface area (TPSA) is 55.8 Å². The lowest BCUT2D eigenvalue weighted by atomic mass is 9.67. The Morgan fingerprint density at radius 3 is 1.80 bits per heavy atom. The molecule has 1 aliphatic heterocycles. The predicted octanol–water partition coefficient (Wildman–Crippen LogP) is 7.53. The van der Waals surface area contributed by atoms with Crippen LogP contribution in [0.4, 0.5) is 0 Å². The van der Waals surface area contributed by atoms with Crippen molar-refractivity contribution in [3.05, 3.63) is 57.6 Å². The summed E-state index contributed by atoms with van der Waals surface area (Å²) in [5, 5.41) is 0. The van der Waals surface area contributed by atoms with Crippen molar-refractivity contribution in [1.82, 2.24) is 0 Å². The van der Waals surface area contributed by atoms with Gasteiger partial charge in [-0.1, -0.05) is 75.4 Å². The summed E-state index contributed by atoms with van der Waals surface area (Å²) in [7, 11) is -4.31. The highest BCUT2D eigenvalue weighted by atomic mass is 31.2. The Balaban J connectivity index is 2.34. The van der Waals surface area contributed by atoms with Gasteiger partial charge in [0.05, 0.1) is 0 Å². The second kappa shape index (κ2) is 8.40. The van der Waals surface area contributed by atoms with Crippen LogP contribution >= 0.6 is 7.82 Å². The molecule has 0 amide bonds. The Labute approximate surface area is 181 Å². The van der Waals surface area contributed by atoms with Crippen LogP contribution in [0, 0.1) is 33.1 Å². The summed E-state index contributed by atoms with van der Waals surface area (Å²) in [5.74, 6) is 0.937. The van der Waals surface area contributed by atoms with Crippen LogP contribution in [0.25, 0.3) is 0 Å². The Hall–Kier alpha value is -1.77. The van der Waals surface area contributed by atoms with Crippen molar-refractivity contribution in [1.29, 1.82) is 0 Å². The summed E-state index contributed by atoms with van der Waals surface area (Å²) in [4.78, 5) is 10.5. The minimum Gasteiger partial charge on any atom is -0.395 e. The molecular formula is C25H35O4P. The third-order valence-corrected chi connectivity index (χ3v) is 6.96. The Kier molecular flexibility index (Phi) is 6.41. The maximum Gasteiger partial charge on any atom is 0.584 e. The summed E-state index contributed by atoms with van der Waals surface area (Å²) in [6.45, 7) is 14.8. The number of aryl methyl sites for hydroxylation is 4. The highest BCUT2D eigenvalue weighted by Crippen LogP contribution is 2.58. The first kappa shape index (κ1) is 22.9. The van der Waals surface area contributed by atoms with E-state index in [9.17, 15) is 9.46 Å². The van der Waals surface area contributed by atoms with Crippen molar-refractivity contribution in [3.8, 4) is 11.5 Å². The van der Waals surface area contributed by atoms with E-state index in [0.29, 0.717) is 11.5 Å². The fourth-order valence-corrected chi connectivity index (χ4v) is 5.88. The van der Waals surface area contributed by atoms with Crippen LogP contribution in [0.5, 0.6) is 11.5 Å². The first-order valence-corrected chi connectivity index (χ1v) is 12.4. The molecule has 30 heavy (non-hydrogen) atoms. The van der Waals surface area contributed by atoms with Crippen LogP contribution in [0.15, 0.2) is 24.3 Å². The van der Waals surface area contributed by atoms with Gasteiger partial charge in [-0.05, 0) is 50.7 Å². The molecule has 0 bridgehead atoms. The van der Waals surface area contributed by atoms with E-state index >= 15 is 0 Å². The van der Waals surface area contributed by atoms with Crippen LogP contribution in [0.3, 0.4) is 0 Å². The second-order valence-electron chi connectivity index (χ2n) is 9.53. The largest absolute Gasteiger partial charge is 0.584 e. The van der Waals surface area contributed by atoms with E-state index in [1.54, 1.807) is 0 Å². The van der Waals surface area contributed by atoms with Gasteiger partial charge in [0.25, 0.3) is 0 Å². The Morgan fingerprint density at radius 2 is 1.37 bits per heavy atom. The average molecular weight is 431 g/mol. The SMILES string of the molecule is CCCCCC(C)(C)C1c2cc(C)cc(C)c2OP(=O)(O)Oc2c(C)cc(C)cc21. The van der Waals surface area contributed by atoms with Gasteiger partial charge in [0.2, 0.25) is 0 Å². The van der Waals surface area contributed by atoms with E-state index in [4.69, 9.17) is 9.05 Å². The number of phosphoric ester groups is 1. The van der Waals surface area contributed by atoms with E-state index in [-0.39, 0.29) is 11.3 Å². The van der Waals surface area contributed by atoms with Crippen molar-refractivity contribution in [2.75, 3.05) is 0 Å². The first-order chi connectivity index (χ1) is 13.9. The standard InChI is InChI=1S/C25H35O4P/c1-8-9-10-11-25(6,7)22-20-14-16(2)12-18(4)23(20)28-30(26,27)29-24-19(5)13-17(3)15-21(22)24/h12-15,22H,8-11H2,1-7H3,(H,26,27). The third-order valence-electron chi connectivity index (χ3n) is 6.14. The summed E-state index contributed by atoms with van der Waals surface area (Å²) < 4.78 is 24.3. The van der Waals surface area contributed by atoms with Crippen LogP contribution in [0.1, 0.15) is 85.8 Å². The molecule has 5 heteroatoms. The molecule has 0 saturated carbocycles. The predicted molar refractivity (Wildman–Crippen MR) is 123 cm³/mol. The van der Waals surface area contributed by atoms with Gasteiger partial charge in [-0.3, -0.25) is 4.89 Å². The minimum atomic E-state index is -4.31. The molecule has 0 spiro atoms. The molecule has 0 aromatic heterocycles. The molecule has 1 aliphatic rings. The van der Waals surface area contributed by atoms with Crippen molar-refractivity contribution in [3.63, 3.8) is 0 Å². The summed E-state index contributed by atoms with van der Waals surface area (Å²) in [6.07, 6.45) is 4.54. The van der Waals surface area contributed by atoms with Crippen molar-refractivity contribution < 1.29 is 18.5 Å². The summed E-state index contributed by atoms with van der Waals surface area (Å²) in [6, 6.07) is 8.21. The van der Waals surface area contributed by atoms with Gasteiger partial charge >= 0.3 is 7.82 Å². The highest BCUT2D eigenvalue weighted by molar-refractivity contribution is 7.48. The molecule has 0 saturated heterocycles. The van der Waals surface area contributed by atoms with Gasteiger partial charge in [0, 0.05) is 17.0 Å². The molecule has 0 unspecified atom stereocenters. The zero-order chi connectivity index (χ0) is 22.3. The normalized spacial score (nSPS) is 21.0. The zero-order valence-corrected chi connectivity index (χ0v) is 20.2. The quantitative estimate of drug-likeness (QED) is 0.393. The molecule has 0 radical (unpaired) electrons. The fraction of sp³-hybridized carbons (Fsp3) is 0.520. The number of unbranched alkanes of at least 4 members (excludes halogenated alkanes) is 2. The minimum absolute atomic E-state index is 0.0168. The molecule has 0 atom stereocenters. The maximum atomic E-state index is 12.9. The molecule has 0 aliphatic carbocycles. The van der Waals surface area contributed by atoms with Gasteiger partial charge in [0.15, 0.2) is 0 Å².